The van der Waals surface area contributed by atoms with Crippen molar-refractivity contribution in [3.63, 3.8) is 0 Å². The van der Waals surface area contributed by atoms with Crippen LogP contribution in [0.15, 0.2) is 54.2 Å². The average Bonchev–Trinajstić information content (AvgIpc) is 0.899. The van der Waals surface area contributed by atoms with Crippen molar-refractivity contribution in [1.29, 1.82) is 0 Å². The smallest absolute Gasteiger partial charge is 0.305 e. The first-order valence-electron chi connectivity index (χ1n) is 41.6. The molecular formula is C76H142N32O14. The zero-order chi connectivity index (χ0) is 91.2. The number of carbonyl (C=O) groups excluding carboxylic acids is 11. The molecule has 1 rings (SSSR count). The van der Waals surface area contributed by atoms with Crippen LogP contribution in [0.25, 0.3) is 0 Å². The molecule has 46 heteroatoms. The Kier molecular flexibility index (Phi) is 57.6. The lowest BCUT2D eigenvalue weighted by Gasteiger charge is -2.25. The highest BCUT2D eigenvalue weighted by molar-refractivity contribution is 5.86. The minimum absolute atomic E-state index is 0.00666. The van der Waals surface area contributed by atoms with E-state index in [1.165, 1.54) is 0 Å². The van der Waals surface area contributed by atoms with Gasteiger partial charge in [0.15, 0.2) is 35.8 Å². The molecule has 122 heavy (non-hydrogen) atoms. The number of hydrogen-bond donors (Lipinski definition) is 28. The van der Waals surface area contributed by atoms with Gasteiger partial charge in [0.2, 0.25) is 65.0 Å². The van der Waals surface area contributed by atoms with E-state index < -0.39 is 145 Å². The van der Waals surface area contributed by atoms with Crippen LogP contribution in [0.5, 0.6) is 5.75 Å². The van der Waals surface area contributed by atoms with Gasteiger partial charge >= 0.3 is 5.97 Å². The number of nitrogens with two attached hydrogens (primary N) is 16. The molecule has 0 bridgehead atoms. The molecule has 1 aromatic carbocycles. The Bertz CT molecular complexity index is 3510. The monoisotopic (exact) mass is 1730 g/mol. The number of unbranched alkanes of at least 4 members (excludes halogenated alkanes) is 2. The Labute approximate surface area is 713 Å². The maximum atomic E-state index is 14.3. The Morgan fingerprint density at radius 3 is 0.787 bits per heavy atom. The number of carboxylic acid groups (broad SMARTS) is 1. The summed E-state index contributed by atoms with van der Waals surface area (Å²) in [6.07, 6.45) is 3.41. The van der Waals surface area contributed by atoms with Gasteiger partial charge in [0.1, 0.15) is 5.75 Å². The molecule has 690 valence electrons. The van der Waals surface area contributed by atoms with Gasteiger partial charge < -0.3 is 155 Å². The highest BCUT2D eigenvalue weighted by Gasteiger charge is 2.29. The Morgan fingerprint density at radius 1 is 0.295 bits per heavy atom. The second-order valence-corrected chi connectivity index (χ2v) is 30.1. The largest absolute Gasteiger partial charge is 0.508 e. The maximum Gasteiger partial charge on any atom is 0.305 e. The van der Waals surface area contributed by atoms with Crippen LogP contribution in [0.3, 0.4) is 0 Å². The van der Waals surface area contributed by atoms with Gasteiger partial charge in [0.25, 0.3) is 0 Å². The van der Waals surface area contributed by atoms with E-state index >= 15 is 0 Å². The number of guanidine groups is 6. The van der Waals surface area contributed by atoms with Crippen molar-refractivity contribution in [2.45, 2.75) is 272 Å². The Hall–Kier alpha value is -11.8. The van der Waals surface area contributed by atoms with Gasteiger partial charge in [-0.3, -0.25) is 87.5 Å². The summed E-state index contributed by atoms with van der Waals surface area (Å²) in [5.41, 5.74) is 91.1. The van der Waals surface area contributed by atoms with Crippen molar-refractivity contribution in [3.8, 4) is 5.75 Å². The molecule has 0 aliphatic heterocycles. The summed E-state index contributed by atoms with van der Waals surface area (Å²) in [4.78, 5) is 187. The second-order valence-electron chi connectivity index (χ2n) is 30.1. The highest BCUT2D eigenvalue weighted by Crippen LogP contribution is 2.18. The summed E-state index contributed by atoms with van der Waals surface area (Å²) in [5.74, 6) is -8.32. The van der Waals surface area contributed by atoms with Gasteiger partial charge in [-0.2, -0.15) is 0 Å². The fraction of sp³-hybridized carbons (Fsp3) is 0.684. The second kappa shape index (κ2) is 65.0. The van der Waals surface area contributed by atoms with Crippen LogP contribution in [0.1, 0.15) is 211 Å². The van der Waals surface area contributed by atoms with Crippen LogP contribution in [0, 0.1) is 0 Å². The van der Waals surface area contributed by atoms with Crippen LogP contribution in [-0.2, 0) is 64.0 Å². The number of amides is 11. The Morgan fingerprint density at radius 2 is 0.541 bits per heavy atom. The van der Waals surface area contributed by atoms with Crippen LogP contribution < -0.4 is 145 Å². The zero-order valence-electron chi connectivity index (χ0n) is 70.5. The van der Waals surface area contributed by atoms with E-state index in [-0.39, 0.29) is 215 Å². The lowest BCUT2D eigenvalue weighted by atomic mass is 10.0. The summed E-state index contributed by atoms with van der Waals surface area (Å²) in [6.45, 7) is 1.48. The molecule has 0 aromatic heterocycles. The van der Waals surface area contributed by atoms with Crippen LogP contribution in [0.2, 0.25) is 0 Å². The van der Waals surface area contributed by atoms with E-state index in [2.05, 4.69) is 83.1 Å². The number of rotatable bonds is 70. The molecule has 10 atom stereocenters. The number of aromatic hydroxyl groups is 1. The maximum absolute atomic E-state index is 14.3. The number of nitrogens with one attached hydrogen (secondary N) is 10. The highest BCUT2D eigenvalue weighted by atomic mass is 16.4. The van der Waals surface area contributed by atoms with Crippen LogP contribution in [-0.4, -0.2) is 236 Å². The fourth-order valence-electron chi connectivity index (χ4n) is 13.0. The zero-order valence-corrected chi connectivity index (χ0v) is 70.5. The lowest BCUT2D eigenvalue weighted by molar-refractivity contribution is -0.138. The molecular weight excluding hydrogens is 1590 g/mol. The van der Waals surface area contributed by atoms with Crippen LogP contribution in [0.4, 0.5) is 0 Å². The number of nitrogens with zero attached hydrogens (tertiary/aromatic N) is 6. The number of carboxylic acids is 1. The summed E-state index contributed by atoms with van der Waals surface area (Å²) >= 11 is 0. The van der Waals surface area contributed by atoms with Crippen LogP contribution >= 0.6 is 0 Å². The van der Waals surface area contributed by atoms with E-state index in [9.17, 15) is 67.7 Å². The van der Waals surface area contributed by atoms with Gasteiger partial charge in [-0.1, -0.05) is 25.0 Å². The third-order valence-electron chi connectivity index (χ3n) is 18.8. The Balaban J connectivity index is 3.48. The number of hydrogen-bond acceptors (Lipinski definition) is 22. The van der Waals surface area contributed by atoms with E-state index in [0.29, 0.717) is 83.7 Å². The number of phenolic OH excluding ortho intramolecular Hbond substituents is 1. The molecule has 0 aliphatic carbocycles. The van der Waals surface area contributed by atoms with Crippen molar-refractivity contribution in [3.05, 3.63) is 29.8 Å². The number of carbonyl (C=O) groups is 12. The molecule has 0 saturated carbocycles. The van der Waals surface area contributed by atoms with E-state index in [4.69, 9.17) is 91.7 Å². The number of primary amides is 1. The number of benzene rings is 1. The number of aliphatic carboxylic acids is 1. The summed E-state index contributed by atoms with van der Waals surface area (Å²) < 4.78 is 0. The van der Waals surface area contributed by atoms with Crippen molar-refractivity contribution in [1.82, 2.24) is 53.2 Å². The fourth-order valence-corrected chi connectivity index (χ4v) is 13.0. The normalized spacial score (nSPS) is 13.3. The van der Waals surface area contributed by atoms with Gasteiger partial charge in [0, 0.05) is 177 Å². The predicted molar refractivity (Wildman–Crippen MR) is 467 cm³/mol. The molecule has 46 nitrogen and oxygen atoms in total. The molecule has 0 fully saturated rings. The summed E-state index contributed by atoms with van der Waals surface area (Å²) in [6, 6.07) is -1.39. The first-order valence-corrected chi connectivity index (χ1v) is 41.6. The lowest BCUT2D eigenvalue weighted by Crippen LogP contribution is -2.47. The number of phenols is 1. The van der Waals surface area contributed by atoms with E-state index in [0.717, 1.165) is 5.56 Å². The molecule has 0 heterocycles. The standard InChI is InChI=1S/C76H142N32O14/c77-28-3-1-11-49(102-64(115)40-51(13-5-30-94-71(81)82)100-60(111)27-36-93-61(112)37-48(79)22-19-47-20-24-58(109)25-21-47)38-62(113)101-50(12-2-4-29-78)39-63(114)103-52(14-6-31-95-72(83)84)41-65(116)105-55(17-9-34-98-75(89)90)44-68(119)108-57(23-26-59(80)110)45-69(120)106-53(15-7-32-96-73(85)86)42-66(117)104-54(16-8-33-97-74(87)88)43-67(118)107-56(46-70(121)122)18-10-35-99-76(91)92/h20-21,24-25,48-57,109H,1-19,22-23,26-46,77-79H2,(H2,80,110)(H,93,112)(H,100,111)(H,101,113)(H,102,115)(H,103,114)(H,104,117)(H,105,116)(H,106,120)(H,107,118)(H,108,119)(H,121,122)(H4,81,82,94)(H4,83,84,95)(H4,85,86,96)(H4,87,88,97)(H4,89,90,98)(H4,91,92,99)/t48-,49-,50-,51-,52-,53-,54-,55-,56-,57-/m0/s1. The van der Waals surface area contributed by atoms with Crippen molar-refractivity contribution in [2.24, 2.45) is 122 Å². The van der Waals surface area contributed by atoms with Gasteiger partial charge in [-0.05, 0) is 153 Å². The topological polar surface area (TPSA) is 856 Å². The third-order valence-corrected chi connectivity index (χ3v) is 18.8. The minimum Gasteiger partial charge on any atom is -0.508 e. The van der Waals surface area contributed by atoms with E-state index in [1.807, 2.05) is 0 Å². The van der Waals surface area contributed by atoms with Gasteiger partial charge in [0.05, 0.1) is 6.42 Å². The molecule has 44 N–H and O–H groups in total. The molecule has 0 radical (unpaired) electrons. The SMILES string of the molecule is NCCCC[C@@H](CC(=O)N[C@@H](CCCCN)CC(=O)N[C@@H](CCCN=C(N)N)CC(=O)N[C@@H](CCCN=C(N)N)CC(=O)N[C@@H](CCC(N)=O)CC(=O)N[C@@H](CCCN=C(N)N)CC(=O)N[C@@H](CCCN=C(N)N)CC(=O)N[C@@H](CCCN=C(N)N)CC(=O)O)NC(=O)C[C@H](CCCN=C(N)N)NC(=O)CCNC(=O)C[C@@H](N)CCc1ccc(O)cc1. The third kappa shape index (κ3) is 61.5. The van der Waals surface area contributed by atoms with Crippen molar-refractivity contribution >= 4 is 107 Å². The predicted octanol–water partition coefficient (Wildman–Crippen LogP) is -6.65. The average molecular weight is 1730 g/mol. The van der Waals surface area contributed by atoms with Gasteiger partial charge in [-0.25, -0.2) is 0 Å². The first kappa shape index (κ1) is 108. The minimum atomic E-state index is -1.17. The molecule has 1 aromatic rings. The first-order chi connectivity index (χ1) is 57.9. The van der Waals surface area contributed by atoms with E-state index in [1.54, 1.807) is 24.3 Å². The molecule has 11 amide bonds. The number of aryl methyl sites for hydroxylation is 1. The number of aliphatic imine (C=N–C) groups is 6. The van der Waals surface area contributed by atoms with Crippen molar-refractivity contribution < 1.29 is 67.7 Å². The van der Waals surface area contributed by atoms with Crippen molar-refractivity contribution in [2.75, 3.05) is 58.9 Å². The van der Waals surface area contributed by atoms with Gasteiger partial charge in [-0.15, -0.1) is 0 Å². The summed E-state index contributed by atoms with van der Waals surface area (Å²) in [7, 11) is 0. The quantitative estimate of drug-likeness (QED) is 0.0164. The molecule has 0 unspecified atom stereocenters. The molecule has 0 aliphatic rings. The summed E-state index contributed by atoms with van der Waals surface area (Å²) in [5, 5.41) is 47.7. The molecule has 0 spiro atoms. The molecule has 0 saturated heterocycles.